The normalized spacial score (nSPS) is 32.4. The van der Waals surface area contributed by atoms with Gasteiger partial charge < -0.3 is 14.5 Å². The van der Waals surface area contributed by atoms with Gasteiger partial charge in [0.25, 0.3) is 5.91 Å². The van der Waals surface area contributed by atoms with Crippen LogP contribution in [0.5, 0.6) is 0 Å². The Morgan fingerprint density at radius 1 is 1.35 bits per heavy atom. The number of aromatic nitrogens is 1. The third kappa shape index (κ3) is 3.15. The molecule has 0 radical (unpaired) electrons. The second-order valence-corrected chi connectivity index (χ2v) is 7.76. The summed E-state index contributed by atoms with van der Waals surface area (Å²) in [6.45, 7) is 5.51. The van der Waals surface area contributed by atoms with Crippen LogP contribution in [-0.4, -0.2) is 83.6 Å². The SMILES string of the molecule is CN1CCN(C(=O)[C@@H]2C[C@@H]3[C@@H](CCN3Cc3nccs3)O2)CC1. The zero-order valence-electron chi connectivity index (χ0n) is 13.6. The van der Waals surface area contributed by atoms with Crippen LogP contribution in [0, 0.1) is 0 Å². The van der Waals surface area contributed by atoms with Gasteiger partial charge in [-0.1, -0.05) is 0 Å². The minimum Gasteiger partial charge on any atom is -0.363 e. The number of carbonyl (C=O) groups excluding carboxylic acids is 1. The van der Waals surface area contributed by atoms with Crippen LogP contribution in [0.3, 0.4) is 0 Å². The van der Waals surface area contributed by atoms with Gasteiger partial charge in [-0.2, -0.15) is 0 Å². The third-order valence-electron chi connectivity index (χ3n) is 5.31. The molecule has 0 N–H and O–H groups in total. The average Bonchev–Trinajstić information content (AvgIpc) is 3.26. The van der Waals surface area contributed by atoms with E-state index in [-0.39, 0.29) is 18.1 Å². The highest BCUT2D eigenvalue weighted by Crippen LogP contribution is 2.34. The lowest BCUT2D eigenvalue weighted by Crippen LogP contribution is -2.50. The van der Waals surface area contributed by atoms with Crippen molar-refractivity contribution in [2.24, 2.45) is 0 Å². The fraction of sp³-hybridized carbons (Fsp3) is 0.750. The third-order valence-corrected chi connectivity index (χ3v) is 6.07. The number of likely N-dealkylation sites (N-methyl/N-ethyl adjacent to an activating group) is 1. The van der Waals surface area contributed by atoms with Gasteiger partial charge in [0.1, 0.15) is 11.1 Å². The van der Waals surface area contributed by atoms with Crippen molar-refractivity contribution in [3.63, 3.8) is 0 Å². The Kier molecular flexibility index (Phi) is 4.36. The number of nitrogens with zero attached hydrogens (tertiary/aromatic N) is 4. The molecule has 126 valence electrons. The lowest BCUT2D eigenvalue weighted by atomic mass is 10.1. The average molecular weight is 336 g/mol. The second-order valence-electron chi connectivity index (χ2n) is 6.78. The molecule has 1 aromatic heterocycles. The monoisotopic (exact) mass is 336 g/mol. The number of piperazine rings is 1. The molecule has 6 nitrogen and oxygen atoms in total. The van der Waals surface area contributed by atoms with Crippen molar-refractivity contribution in [2.75, 3.05) is 39.8 Å². The van der Waals surface area contributed by atoms with Crippen LogP contribution in [0.2, 0.25) is 0 Å². The van der Waals surface area contributed by atoms with E-state index in [2.05, 4.69) is 21.8 Å². The first-order chi connectivity index (χ1) is 11.2. The lowest BCUT2D eigenvalue weighted by Gasteiger charge is -2.34. The van der Waals surface area contributed by atoms with Crippen LogP contribution < -0.4 is 0 Å². The maximum absolute atomic E-state index is 12.7. The Balaban J connectivity index is 1.36. The van der Waals surface area contributed by atoms with Crippen LogP contribution in [0.15, 0.2) is 11.6 Å². The largest absolute Gasteiger partial charge is 0.363 e. The Morgan fingerprint density at radius 3 is 2.91 bits per heavy atom. The van der Waals surface area contributed by atoms with Crippen molar-refractivity contribution < 1.29 is 9.53 Å². The summed E-state index contributed by atoms with van der Waals surface area (Å²) in [4.78, 5) is 23.8. The zero-order chi connectivity index (χ0) is 15.8. The van der Waals surface area contributed by atoms with Gasteiger partial charge in [-0.25, -0.2) is 4.98 Å². The summed E-state index contributed by atoms with van der Waals surface area (Å²) in [6, 6.07) is 0.375. The van der Waals surface area contributed by atoms with E-state index in [4.69, 9.17) is 4.74 Å². The number of carbonyl (C=O) groups is 1. The van der Waals surface area contributed by atoms with Crippen LogP contribution in [0.25, 0.3) is 0 Å². The molecule has 0 spiro atoms. The van der Waals surface area contributed by atoms with E-state index in [9.17, 15) is 4.79 Å². The van der Waals surface area contributed by atoms with Crippen molar-refractivity contribution in [3.8, 4) is 0 Å². The Labute approximate surface area is 141 Å². The van der Waals surface area contributed by atoms with Crippen molar-refractivity contribution in [3.05, 3.63) is 16.6 Å². The molecule has 0 saturated carbocycles. The number of ether oxygens (including phenoxy) is 1. The molecular weight excluding hydrogens is 312 g/mol. The van der Waals surface area contributed by atoms with Crippen molar-refractivity contribution in [1.82, 2.24) is 19.7 Å². The molecule has 0 bridgehead atoms. The molecule has 4 heterocycles. The molecule has 3 fully saturated rings. The summed E-state index contributed by atoms with van der Waals surface area (Å²) >= 11 is 1.70. The molecule has 3 aliphatic heterocycles. The molecule has 23 heavy (non-hydrogen) atoms. The summed E-state index contributed by atoms with van der Waals surface area (Å²) in [5.41, 5.74) is 0. The smallest absolute Gasteiger partial charge is 0.251 e. The van der Waals surface area contributed by atoms with Crippen LogP contribution in [0.1, 0.15) is 17.8 Å². The van der Waals surface area contributed by atoms with E-state index >= 15 is 0 Å². The van der Waals surface area contributed by atoms with E-state index in [0.29, 0.717) is 6.04 Å². The van der Waals surface area contributed by atoms with Crippen LogP contribution >= 0.6 is 11.3 Å². The first kappa shape index (κ1) is 15.5. The highest BCUT2D eigenvalue weighted by Gasteiger charge is 2.46. The molecule has 0 unspecified atom stereocenters. The number of hydrogen-bond donors (Lipinski definition) is 0. The molecule has 3 aliphatic rings. The van der Waals surface area contributed by atoms with E-state index in [1.54, 1.807) is 11.3 Å². The first-order valence-corrected chi connectivity index (χ1v) is 9.34. The molecule has 1 aromatic rings. The summed E-state index contributed by atoms with van der Waals surface area (Å²) in [5.74, 6) is 0.196. The quantitative estimate of drug-likeness (QED) is 0.811. The Morgan fingerprint density at radius 2 is 2.17 bits per heavy atom. The number of amides is 1. The van der Waals surface area contributed by atoms with E-state index in [0.717, 1.165) is 57.1 Å². The fourth-order valence-electron chi connectivity index (χ4n) is 3.92. The van der Waals surface area contributed by atoms with Gasteiger partial charge >= 0.3 is 0 Å². The van der Waals surface area contributed by atoms with E-state index in [1.165, 1.54) is 0 Å². The van der Waals surface area contributed by atoms with Crippen molar-refractivity contribution >= 4 is 17.2 Å². The van der Waals surface area contributed by atoms with Gasteiger partial charge in [-0.3, -0.25) is 9.69 Å². The highest BCUT2D eigenvalue weighted by molar-refractivity contribution is 7.09. The first-order valence-electron chi connectivity index (χ1n) is 8.46. The molecule has 7 heteroatoms. The molecule has 3 saturated heterocycles. The maximum Gasteiger partial charge on any atom is 0.251 e. The number of rotatable bonds is 3. The summed E-state index contributed by atoms with van der Waals surface area (Å²) < 4.78 is 6.11. The van der Waals surface area contributed by atoms with Crippen LogP contribution in [0.4, 0.5) is 0 Å². The number of likely N-dealkylation sites (tertiary alicyclic amines) is 1. The van der Waals surface area contributed by atoms with Crippen molar-refractivity contribution in [1.29, 1.82) is 0 Å². The zero-order valence-corrected chi connectivity index (χ0v) is 14.4. The van der Waals surface area contributed by atoms with Gasteiger partial charge in [-0.15, -0.1) is 11.3 Å². The predicted molar refractivity (Wildman–Crippen MR) is 88.3 cm³/mol. The minimum atomic E-state index is -0.243. The van der Waals surface area contributed by atoms with Gasteiger partial charge in [0, 0.05) is 56.8 Å². The summed E-state index contributed by atoms with van der Waals surface area (Å²) in [6.07, 6.45) is 3.70. The van der Waals surface area contributed by atoms with Gasteiger partial charge in [0.2, 0.25) is 0 Å². The molecule has 3 atom stereocenters. The summed E-state index contributed by atoms with van der Waals surface area (Å²) in [7, 11) is 2.11. The fourth-order valence-corrected chi connectivity index (χ4v) is 4.56. The van der Waals surface area contributed by atoms with Crippen LogP contribution in [-0.2, 0) is 16.1 Å². The number of fused-ring (bicyclic) bond motifs is 1. The topological polar surface area (TPSA) is 48.9 Å². The number of thiazole rings is 1. The molecule has 1 amide bonds. The number of hydrogen-bond acceptors (Lipinski definition) is 6. The standard InChI is InChI=1S/C16H24N4O2S/c1-18-5-7-19(8-6-18)16(21)14-10-12-13(22-14)2-4-20(12)11-15-17-3-9-23-15/h3,9,12-14H,2,4-8,10-11H2,1H3/t12-,13-,14+/m1/s1. The Hall–Kier alpha value is -1.02. The van der Waals surface area contributed by atoms with Gasteiger partial charge in [0.15, 0.2) is 0 Å². The highest BCUT2D eigenvalue weighted by atomic mass is 32.1. The predicted octanol–water partition coefficient (Wildman–Crippen LogP) is 0.649. The second kappa shape index (κ2) is 6.47. The molecule has 0 aliphatic carbocycles. The van der Waals surface area contributed by atoms with Gasteiger partial charge in [-0.05, 0) is 13.5 Å². The van der Waals surface area contributed by atoms with Gasteiger partial charge in [0.05, 0.1) is 12.6 Å². The summed E-state index contributed by atoms with van der Waals surface area (Å²) in [5, 5.41) is 3.17. The minimum absolute atomic E-state index is 0.196. The molecular formula is C16H24N4O2S. The molecule has 0 aromatic carbocycles. The maximum atomic E-state index is 12.7. The Bertz CT molecular complexity index is 544. The van der Waals surface area contributed by atoms with E-state index in [1.807, 2.05) is 16.5 Å². The van der Waals surface area contributed by atoms with E-state index < -0.39 is 0 Å². The van der Waals surface area contributed by atoms with Crippen molar-refractivity contribution in [2.45, 2.75) is 37.6 Å². The molecule has 4 rings (SSSR count). The lowest BCUT2D eigenvalue weighted by molar-refractivity contribution is -0.144.